The van der Waals surface area contributed by atoms with Crippen molar-refractivity contribution in [3.05, 3.63) is 11.4 Å². The van der Waals surface area contributed by atoms with Gasteiger partial charge in [0.25, 0.3) is 0 Å². The zero-order valence-electron chi connectivity index (χ0n) is 12.9. The van der Waals surface area contributed by atoms with Crippen LogP contribution in [0.15, 0.2) is 0 Å². The molecule has 0 aliphatic rings. The summed E-state index contributed by atoms with van der Waals surface area (Å²) in [5, 5.41) is 15.2. The number of hydrogen-bond donors (Lipinski definition) is 3. The molecule has 0 aliphatic heterocycles. The van der Waals surface area contributed by atoms with Gasteiger partial charge in [-0.2, -0.15) is 0 Å². The summed E-state index contributed by atoms with van der Waals surface area (Å²) in [6.07, 6.45) is 0. The first-order valence-corrected chi connectivity index (χ1v) is 7.15. The highest BCUT2D eigenvalue weighted by Crippen LogP contribution is 2.22. The molecule has 0 fully saturated rings. The van der Waals surface area contributed by atoms with Crippen LogP contribution in [-0.4, -0.2) is 48.0 Å². The summed E-state index contributed by atoms with van der Waals surface area (Å²) in [5.41, 5.74) is 1.01. The summed E-state index contributed by atoms with van der Waals surface area (Å²) >= 11 is 0. The van der Waals surface area contributed by atoms with Crippen LogP contribution >= 0.6 is 0 Å². The number of anilines is 2. The van der Waals surface area contributed by atoms with E-state index in [0.717, 1.165) is 29.6 Å². The average Bonchev–Trinajstić information content (AvgIpc) is 2.42. The van der Waals surface area contributed by atoms with Crippen LogP contribution < -0.4 is 10.6 Å². The van der Waals surface area contributed by atoms with Gasteiger partial charge in [-0.05, 0) is 13.8 Å². The number of ether oxygens (including phenoxy) is 1. The van der Waals surface area contributed by atoms with Gasteiger partial charge >= 0.3 is 0 Å². The van der Waals surface area contributed by atoms with Gasteiger partial charge in [-0.15, -0.1) is 0 Å². The molecule has 20 heavy (non-hydrogen) atoms. The van der Waals surface area contributed by atoms with Crippen LogP contribution in [0.25, 0.3) is 0 Å². The van der Waals surface area contributed by atoms with Crippen LogP contribution in [0.1, 0.15) is 38.1 Å². The van der Waals surface area contributed by atoms with Crippen molar-refractivity contribution in [2.75, 3.05) is 43.5 Å². The second-order valence-electron chi connectivity index (χ2n) is 4.85. The Morgan fingerprint density at radius 3 is 2.35 bits per heavy atom. The number of hydrogen-bond acceptors (Lipinski definition) is 6. The summed E-state index contributed by atoms with van der Waals surface area (Å²) in [6.45, 7) is 10.6. The number of aliphatic hydroxyl groups excluding tert-OH is 1. The molecule has 0 radical (unpaired) electrons. The fraction of sp³-hybridized carbons (Fsp3) is 0.714. The molecule has 1 heterocycles. The lowest BCUT2D eigenvalue weighted by Gasteiger charge is -2.16. The van der Waals surface area contributed by atoms with E-state index in [-0.39, 0.29) is 12.5 Å². The topological polar surface area (TPSA) is 79.3 Å². The highest BCUT2D eigenvalue weighted by Gasteiger charge is 2.12. The van der Waals surface area contributed by atoms with Crippen LogP contribution in [0.5, 0.6) is 0 Å². The van der Waals surface area contributed by atoms with Crippen molar-refractivity contribution in [1.29, 1.82) is 0 Å². The standard InChI is InChI=1S/C14H26N4O2/c1-5-15-13-11(4)14(16-6-8-20-9-7-19)18-12(17-13)10(2)3/h10,19H,5-9H2,1-4H3,(H2,15,16,17,18). The summed E-state index contributed by atoms with van der Waals surface area (Å²) in [6, 6.07) is 0. The molecule has 1 rings (SSSR count). The van der Waals surface area contributed by atoms with Crippen molar-refractivity contribution in [3.63, 3.8) is 0 Å². The van der Waals surface area contributed by atoms with Crippen molar-refractivity contribution in [1.82, 2.24) is 9.97 Å². The van der Waals surface area contributed by atoms with E-state index >= 15 is 0 Å². The Bertz CT molecular complexity index is 410. The fourth-order valence-electron chi connectivity index (χ4n) is 1.71. The second kappa shape index (κ2) is 8.71. The smallest absolute Gasteiger partial charge is 0.135 e. The minimum atomic E-state index is 0.0502. The lowest BCUT2D eigenvalue weighted by Crippen LogP contribution is -2.16. The van der Waals surface area contributed by atoms with Gasteiger partial charge in [-0.1, -0.05) is 13.8 Å². The van der Waals surface area contributed by atoms with Crippen molar-refractivity contribution in [3.8, 4) is 0 Å². The Morgan fingerprint density at radius 2 is 1.80 bits per heavy atom. The van der Waals surface area contributed by atoms with E-state index in [1.807, 2.05) is 13.8 Å². The molecular weight excluding hydrogens is 256 g/mol. The van der Waals surface area contributed by atoms with Crippen LogP contribution in [0.4, 0.5) is 11.6 Å². The quantitative estimate of drug-likeness (QED) is 0.599. The monoisotopic (exact) mass is 282 g/mol. The first-order chi connectivity index (χ1) is 9.60. The molecule has 1 aromatic heterocycles. The third-order valence-corrected chi connectivity index (χ3v) is 2.80. The third-order valence-electron chi connectivity index (χ3n) is 2.80. The molecular formula is C14H26N4O2. The lowest BCUT2D eigenvalue weighted by molar-refractivity contribution is 0.0992. The summed E-state index contributed by atoms with van der Waals surface area (Å²) in [7, 11) is 0. The molecule has 1 aromatic rings. The first kappa shape index (κ1) is 16.7. The van der Waals surface area contributed by atoms with E-state index in [2.05, 4.69) is 34.4 Å². The van der Waals surface area contributed by atoms with E-state index in [0.29, 0.717) is 19.8 Å². The van der Waals surface area contributed by atoms with Crippen molar-refractivity contribution >= 4 is 11.6 Å². The van der Waals surface area contributed by atoms with Crippen molar-refractivity contribution in [2.45, 2.75) is 33.6 Å². The molecule has 114 valence electrons. The van der Waals surface area contributed by atoms with Gasteiger partial charge in [0, 0.05) is 24.6 Å². The molecule has 3 N–H and O–H groups in total. The van der Waals surface area contributed by atoms with Gasteiger partial charge in [-0.3, -0.25) is 0 Å². The number of rotatable bonds is 9. The first-order valence-electron chi connectivity index (χ1n) is 7.15. The number of aliphatic hydroxyl groups is 1. The van der Waals surface area contributed by atoms with Gasteiger partial charge in [0.2, 0.25) is 0 Å². The van der Waals surface area contributed by atoms with Gasteiger partial charge in [-0.25, -0.2) is 9.97 Å². The van der Waals surface area contributed by atoms with E-state index in [4.69, 9.17) is 9.84 Å². The normalized spacial score (nSPS) is 10.9. The molecule has 0 aromatic carbocycles. The highest BCUT2D eigenvalue weighted by molar-refractivity contribution is 5.57. The Morgan fingerprint density at radius 1 is 1.15 bits per heavy atom. The molecule has 0 bridgehead atoms. The zero-order valence-corrected chi connectivity index (χ0v) is 12.9. The third kappa shape index (κ3) is 4.94. The predicted octanol–water partition coefficient (Wildman–Crippen LogP) is 1.76. The number of nitrogens with zero attached hydrogens (tertiary/aromatic N) is 2. The second-order valence-corrected chi connectivity index (χ2v) is 4.85. The maximum absolute atomic E-state index is 8.65. The molecule has 0 aliphatic carbocycles. The van der Waals surface area contributed by atoms with E-state index in [9.17, 15) is 0 Å². The largest absolute Gasteiger partial charge is 0.394 e. The van der Waals surface area contributed by atoms with Gasteiger partial charge < -0.3 is 20.5 Å². The Balaban J connectivity index is 2.76. The number of nitrogens with one attached hydrogen (secondary N) is 2. The molecule has 6 heteroatoms. The molecule has 0 amide bonds. The summed E-state index contributed by atoms with van der Waals surface area (Å²) in [5.74, 6) is 2.82. The fourth-order valence-corrected chi connectivity index (χ4v) is 1.71. The molecule has 0 saturated carbocycles. The SMILES string of the molecule is CCNc1nc(C(C)C)nc(NCCOCCO)c1C. The molecule has 0 saturated heterocycles. The minimum Gasteiger partial charge on any atom is -0.394 e. The lowest BCUT2D eigenvalue weighted by atomic mass is 10.2. The summed E-state index contributed by atoms with van der Waals surface area (Å²) in [4.78, 5) is 9.12. The average molecular weight is 282 g/mol. The highest BCUT2D eigenvalue weighted by atomic mass is 16.5. The van der Waals surface area contributed by atoms with Crippen LogP contribution in [0.3, 0.4) is 0 Å². The number of aromatic nitrogens is 2. The molecule has 0 atom stereocenters. The maximum atomic E-state index is 8.65. The summed E-state index contributed by atoms with van der Waals surface area (Å²) < 4.78 is 5.23. The van der Waals surface area contributed by atoms with Gasteiger partial charge in [0.15, 0.2) is 0 Å². The predicted molar refractivity (Wildman–Crippen MR) is 81.4 cm³/mol. The molecule has 6 nitrogen and oxygen atoms in total. The maximum Gasteiger partial charge on any atom is 0.135 e. The van der Waals surface area contributed by atoms with Crippen molar-refractivity contribution < 1.29 is 9.84 Å². The zero-order chi connectivity index (χ0) is 15.0. The van der Waals surface area contributed by atoms with Gasteiger partial charge in [0.1, 0.15) is 17.5 Å². The molecule has 0 spiro atoms. The van der Waals surface area contributed by atoms with Crippen molar-refractivity contribution in [2.24, 2.45) is 0 Å². The van der Waals surface area contributed by atoms with Crippen LogP contribution in [0, 0.1) is 6.92 Å². The van der Waals surface area contributed by atoms with Crippen LogP contribution in [0.2, 0.25) is 0 Å². The molecule has 0 unspecified atom stereocenters. The minimum absolute atomic E-state index is 0.0502. The van der Waals surface area contributed by atoms with Gasteiger partial charge in [0.05, 0.1) is 19.8 Å². The van der Waals surface area contributed by atoms with Crippen LogP contribution in [-0.2, 0) is 4.74 Å². The Labute approximate surface area is 121 Å². The Kier molecular flexibility index (Phi) is 7.25. The van der Waals surface area contributed by atoms with E-state index < -0.39 is 0 Å². The van der Waals surface area contributed by atoms with E-state index in [1.54, 1.807) is 0 Å². The Hall–Kier alpha value is -1.40. The van der Waals surface area contributed by atoms with E-state index in [1.165, 1.54) is 0 Å².